The number of rotatable bonds is 15. The van der Waals surface area contributed by atoms with Gasteiger partial charge in [0.15, 0.2) is 0 Å². The van der Waals surface area contributed by atoms with Crippen molar-refractivity contribution in [2.45, 2.75) is 96.8 Å². The summed E-state index contributed by atoms with van der Waals surface area (Å²) in [6.07, 6.45) is 20.4. The van der Waals surface area contributed by atoms with Crippen molar-refractivity contribution in [3.05, 3.63) is 0 Å². The molecule has 146 valence electrons. The monoisotopic (exact) mass is 354 g/mol. The van der Waals surface area contributed by atoms with Crippen LogP contribution in [0.25, 0.3) is 0 Å². The van der Waals surface area contributed by atoms with Gasteiger partial charge < -0.3 is 28.5 Å². The zero-order valence-electron chi connectivity index (χ0n) is 16.6. The second-order valence-electron chi connectivity index (χ2n) is 7.61. The fourth-order valence-corrected chi connectivity index (χ4v) is 2.78. The van der Waals surface area contributed by atoms with Crippen molar-refractivity contribution in [3.63, 3.8) is 0 Å². The van der Waals surface area contributed by atoms with E-state index < -0.39 is 0 Å². The number of nitrogens with zero attached hydrogens (tertiary/aromatic N) is 1. The molecule has 0 bridgehead atoms. The second-order valence-corrected chi connectivity index (χ2v) is 7.61. The van der Waals surface area contributed by atoms with Crippen LogP contribution in [-0.2, 0) is 0 Å². The topological polar surface area (TPSA) is 66.5 Å². The Bertz CT molecular complexity index is 196. The molecule has 23 heavy (non-hydrogen) atoms. The van der Waals surface area contributed by atoms with E-state index >= 15 is 0 Å². The molecule has 0 unspecified atom stereocenters. The van der Waals surface area contributed by atoms with Crippen LogP contribution >= 0.6 is 0 Å². The zero-order valence-corrected chi connectivity index (χ0v) is 17.4. The van der Waals surface area contributed by atoms with Crippen molar-refractivity contribution in [1.82, 2.24) is 6.15 Å². The molecule has 0 saturated carbocycles. The first-order valence-corrected chi connectivity index (χ1v) is 9.36. The Hall–Kier alpha value is 0.170. The van der Waals surface area contributed by atoms with Gasteiger partial charge in [0.05, 0.1) is 27.7 Å². The van der Waals surface area contributed by atoms with Gasteiger partial charge in [-0.3, -0.25) is 0 Å². The van der Waals surface area contributed by atoms with Crippen LogP contribution < -0.4 is 18.6 Å². The van der Waals surface area contributed by atoms with E-state index in [4.69, 9.17) is 0 Å². The summed E-state index contributed by atoms with van der Waals surface area (Å²) in [5.74, 6) is 0. The highest BCUT2D eigenvalue weighted by molar-refractivity contribution is 4.49. The maximum atomic E-state index is 2.29. The van der Waals surface area contributed by atoms with Crippen LogP contribution in [0, 0.1) is 0 Å². The molecule has 0 atom stereocenters. The molecule has 0 aliphatic carbocycles. The lowest BCUT2D eigenvalue weighted by molar-refractivity contribution is -0.870. The number of unbranched alkanes of at least 4 members (excludes halogenated alkanes) is 13. The summed E-state index contributed by atoms with van der Waals surface area (Å²) in [5.41, 5.74) is 0. The van der Waals surface area contributed by atoms with Crippen molar-refractivity contribution in [2.24, 2.45) is 0 Å². The summed E-state index contributed by atoms with van der Waals surface area (Å²) in [4.78, 5) is 0. The van der Waals surface area contributed by atoms with Crippen molar-refractivity contribution in [1.29, 1.82) is 0 Å². The van der Waals surface area contributed by atoms with Gasteiger partial charge in [-0.1, -0.05) is 84.0 Å². The van der Waals surface area contributed by atoms with Crippen LogP contribution in [0.5, 0.6) is 0 Å². The normalized spacial score (nSPS) is 10.4. The summed E-state index contributed by atoms with van der Waals surface area (Å²) in [6, 6.07) is 0. The van der Waals surface area contributed by atoms with Crippen molar-refractivity contribution in [3.8, 4) is 0 Å². The lowest BCUT2D eigenvalue weighted by atomic mass is 10.0. The van der Waals surface area contributed by atoms with Crippen molar-refractivity contribution in [2.75, 3.05) is 27.7 Å². The molecule has 0 aromatic carbocycles. The van der Waals surface area contributed by atoms with Crippen LogP contribution in [0.15, 0.2) is 0 Å². The molecule has 0 aromatic heterocycles. The van der Waals surface area contributed by atoms with Gasteiger partial charge in [-0.15, -0.1) is 0 Å². The zero-order chi connectivity index (χ0) is 15.1. The third-order valence-corrected chi connectivity index (χ3v) is 4.18. The van der Waals surface area contributed by atoms with Crippen LogP contribution in [0.4, 0.5) is 0 Å². The van der Waals surface area contributed by atoms with E-state index in [1.807, 2.05) is 0 Å². The summed E-state index contributed by atoms with van der Waals surface area (Å²) in [7, 11) is 6.88. The Kier molecular flexibility index (Phi) is 29.9. The van der Waals surface area contributed by atoms with E-state index in [0.29, 0.717) is 0 Å². The molecule has 0 amide bonds. The highest BCUT2D eigenvalue weighted by Crippen LogP contribution is 2.13. The fourth-order valence-electron chi connectivity index (χ4n) is 2.78. The molecule has 0 aromatic rings. The molecular formula is C19H47ClN2O. The molecule has 0 spiro atoms. The molecular weight excluding hydrogens is 308 g/mol. The lowest BCUT2D eigenvalue weighted by Crippen LogP contribution is -3.00. The van der Waals surface area contributed by atoms with Gasteiger partial charge in [-0.2, -0.15) is 0 Å². The van der Waals surface area contributed by atoms with Gasteiger partial charge in [0.2, 0.25) is 0 Å². The largest absolute Gasteiger partial charge is 1.00 e. The molecule has 0 aliphatic heterocycles. The third kappa shape index (κ3) is 30.6. The maximum absolute atomic E-state index is 2.29. The second kappa shape index (κ2) is 22.2. The van der Waals surface area contributed by atoms with Gasteiger partial charge in [-0.25, -0.2) is 0 Å². The highest BCUT2D eigenvalue weighted by Gasteiger charge is 2.04. The lowest BCUT2D eigenvalue weighted by Gasteiger charge is -2.23. The molecule has 0 radical (unpaired) electrons. The summed E-state index contributed by atoms with van der Waals surface area (Å²) < 4.78 is 1.12. The van der Waals surface area contributed by atoms with Gasteiger partial charge in [0, 0.05) is 0 Å². The maximum Gasteiger partial charge on any atom is 0.0780 e. The van der Waals surface area contributed by atoms with Crippen molar-refractivity contribution >= 4 is 0 Å². The third-order valence-electron chi connectivity index (χ3n) is 4.18. The average Bonchev–Trinajstić information content (AvgIpc) is 2.38. The van der Waals surface area contributed by atoms with Gasteiger partial charge in [-0.05, 0) is 12.8 Å². The Morgan fingerprint density at radius 1 is 0.522 bits per heavy atom. The van der Waals surface area contributed by atoms with E-state index in [-0.39, 0.29) is 24.0 Å². The Morgan fingerprint density at radius 3 is 1.04 bits per heavy atom. The molecule has 0 aliphatic rings. The van der Waals surface area contributed by atoms with E-state index in [2.05, 4.69) is 28.1 Å². The van der Waals surface area contributed by atoms with Crippen LogP contribution in [0.1, 0.15) is 96.8 Å². The van der Waals surface area contributed by atoms with E-state index in [9.17, 15) is 0 Å². The van der Waals surface area contributed by atoms with E-state index in [1.165, 1.54) is 96.4 Å². The van der Waals surface area contributed by atoms with E-state index in [0.717, 1.165) is 4.48 Å². The Morgan fingerprint density at radius 2 is 0.783 bits per heavy atom. The van der Waals surface area contributed by atoms with Gasteiger partial charge in [0.1, 0.15) is 0 Å². The molecule has 4 heteroatoms. The van der Waals surface area contributed by atoms with E-state index in [1.54, 1.807) is 0 Å². The smallest absolute Gasteiger partial charge is 0.0780 e. The molecule has 0 saturated heterocycles. The highest BCUT2D eigenvalue weighted by atomic mass is 35.5. The number of quaternary nitrogens is 1. The number of hydrogen-bond acceptors (Lipinski definition) is 1. The van der Waals surface area contributed by atoms with Gasteiger partial charge >= 0.3 is 0 Å². The predicted molar refractivity (Wildman–Crippen MR) is 102 cm³/mol. The molecule has 0 heterocycles. The quantitative estimate of drug-likeness (QED) is 0.356. The van der Waals surface area contributed by atoms with Crippen LogP contribution in [0.3, 0.4) is 0 Å². The minimum Gasteiger partial charge on any atom is -1.00 e. The standard InChI is InChI=1S/C19H42N.ClH.H3N.H2O/c1-5-6-7-8-9-10-11-12-13-14-15-16-17-18-19-20(2,3)4;;;/h5-19H2,1-4H3;1H;1H3;1H2/q+1;;;/p-1. The first-order valence-electron chi connectivity index (χ1n) is 9.36. The van der Waals surface area contributed by atoms with Crippen LogP contribution in [0.2, 0.25) is 0 Å². The minimum absolute atomic E-state index is 0. The summed E-state index contributed by atoms with van der Waals surface area (Å²) >= 11 is 0. The minimum atomic E-state index is 0. The first-order chi connectivity index (χ1) is 9.56. The summed E-state index contributed by atoms with van der Waals surface area (Å²) in [6.45, 7) is 3.63. The average molecular weight is 355 g/mol. The molecule has 5 N–H and O–H groups in total. The molecule has 0 rings (SSSR count). The molecule has 3 nitrogen and oxygen atoms in total. The van der Waals surface area contributed by atoms with Crippen LogP contribution in [-0.4, -0.2) is 37.6 Å². The fraction of sp³-hybridized carbons (Fsp3) is 1.00. The SMILES string of the molecule is CCCCCCCCCCCCCCCC[N+](C)(C)C.N.O.[Cl-]. The number of hydrogen-bond donors (Lipinski definition) is 1. The van der Waals surface area contributed by atoms with Crippen molar-refractivity contribution < 1.29 is 22.4 Å². The number of halogens is 1. The predicted octanol–water partition coefficient (Wildman–Crippen LogP) is 2.52. The summed E-state index contributed by atoms with van der Waals surface area (Å²) in [5, 5.41) is 0. The van der Waals surface area contributed by atoms with Gasteiger partial charge in [0.25, 0.3) is 0 Å². The molecule has 0 fully saturated rings. The Labute approximate surface area is 153 Å². The first kappa shape index (κ1) is 31.0. The Balaban J connectivity index is -0.000000602.